The number of carboxylic acids is 1. The summed E-state index contributed by atoms with van der Waals surface area (Å²) in [6.07, 6.45) is 0.603. The predicted molar refractivity (Wildman–Crippen MR) is 85.8 cm³/mol. The number of para-hydroxylation sites is 1. The summed E-state index contributed by atoms with van der Waals surface area (Å²) < 4.78 is 0. The number of carbonyl (C=O) groups is 2. The number of carbonyl (C=O) groups excluding carboxylic acids is 1. The molecule has 0 fully saturated rings. The van der Waals surface area contributed by atoms with Gasteiger partial charge in [0.15, 0.2) is 0 Å². The Hall–Kier alpha value is -2.30. The number of benzene rings is 1. The second-order valence-electron chi connectivity index (χ2n) is 6.04. The van der Waals surface area contributed by atoms with Gasteiger partial charge < -0.3 is 15.4 Å². The quantitative estimate of drug-likeness (QED) is 0.767. The van der Waals surface area contributed by atoms with Crippen molar-refractivity contribution in [1.29, 1.82) is 0 Å². The first-order valence-electron chi connectivity index (χ1n) is 7.46. The number of H-pyrrole nitrogens is 1. The van der Waals surface area contributed by atoms with E-state index < -0.39 is 12.0 Å². The van der Waals surface area contributed by atoms with Crippen LogP contribution in [0.25, 0.3) is 10.9 Å². The summed E-state index contributed by atoms with van der Waals surface area (Å²) in [6.45, 7) is 5.79. The minimum absolute atomic E-state index is 0.178. The summed E-state index contributed by atoms with van der Waals surface area (Å²) >= 11 is 0. The van der Waals surface area contributed by atoms with Crippen LogP contribution in [0.15, 0.2) is 24.3 Å². The molecule has 0 bridgehead atoms. The topological polar surface area (TPSA) is 82.2 Å². The van der Waals surface area contributed by atoms with Gasteiger partial charge in [-0.05, 0) is 30.9 Å². The molecule has 1 heterocycles. The molecular formula is C17H22N2O3. The summed E-state index contributed by atoms with van der Waals surface area (Å²) in [7, 11) is 0. The lowest BCUT2D eigenvalue weighted by atomic mass is 10.0. The van der Waals surface area contributed by atoms with E-state index in [0.29, 0.717) is 6.42 Å². The van der Waals surface area contributed by atoms with E-state index >= 15 is 0 Å². The van der Waals surface area contributed by atoms with E-state index in [4.69, 9.17) is 0 Å². The molecule has 5 nitrogen and oxygen atoms in total. The molecule has 1 atom stereocenters. The van der Waals surface area contributed by atoms with Crippen molar-refractivity contribution < 1.29 is 14.7 Å². The zero-order chi connectivity index (χ0) is 16.3. The summed E-state index contributed by atoms with van der Waals surface area (Å²) in [6, 6.07) is 6.95. The maximum Gasteiger partial charge on any atom is 0.326 e. The van der Waals surface area contributed by atoms with Crippen molar-refractivity contribution in [3.05, 3.63) is 35.5 Å². The minimum atomic E-state index is -0.988. The maximum atomic E-state index is 12.2. The summed E-state index contributed by atoms with van der Waals surface area (Å²) in [4.78, 5) is 26.7. The van der Waals surface area contributed by atoms with E-state index in [0.717, 1.165) is 22.2 Å². The zero-order valence-corrected chi connectivity index (χ0v) is 13.1. The first-order chi connectivity index (χ1) is 10.4. The van der Waals surface area contributed by atoms with Gasteiger partial charge in [0.05, 0.1) is 6.42 Å². The van der Waals surface area contributed by atoms with Crippen LogP contribution in [-0.4, -0.2) is 28.0 Å². The van der Waals surface area contributed by atoms with E-state index in [1.54, 1.807) is 0 Å². The van der Waals surface area contributed by atoms with E-state index in [1.807, 2.05) is 45.0 Å². The fourth-order valence-corrected chi connectivity index (χ4v) is 2.66. The zero-order valence-electron chi connectivity index (χ0n) is 13.1. The van der Waals surface area contributed by atoms with E-state index in [-0.39, 0.29) is 18.2 Å². The molecular weight excluding hydrogens is 280 g/mol. The van der Waals surface area contributed by atoms with E-state index in [2.05, 4.69) is 10.3 Å². The fraction of sp³-hybridized carbons (Fsp3) is 0.412. The molecule has 1 amide bonds. The van der Waals surface area contributed by atoms with Gasteiger partial charge in [-0.1, -0.05) is 32.0 Å². The highest BCUT2D eigenvalue weighted by molar-refractivity contribution is 5.91. The Balaban J connectivity index is 2.13. The number of aromatic nitrogens is 1. The third-order valence-electron chi connectivity index (χ3n) is 3.70. The van der Waals surface area contributed by atoms with Crippen LogP contribution < -0.4 is 5.32 Å². The average molecular weight is 302 g/mol. The van der Waals surface area contributed by atoms with Crippen LogP contribution >= 0.6 is 0 Å². The third-order valence-corrected chi connectivity index (χ3v) is 3.70. The van der Waals surface area contributed by atoms with Crippen molar-refractivity contribution in [3.8, 4) is 0 Å². The molecule has 0 aliphatic rings. The Bertz CT molecular complexity index is 688. The molecule has 2 rings (SSSR count). The number of aromatic amines is 1. The lowest BCUT2D eigenvalue weighted by Crippen LogP contribution is -2.42. The number of fused-ring (bicyclic) bond motifs is 1. The van der Waals surface area contributed by atoms with Crippen LogP contribution in [0, 0.1) is 12.8 Å². The predicted octanol–water partition coefficient (Wildman–Crippen LogP) is 2.63. The van der Waals surface area contributed by atoms with E-state index in [1.165, 1.54) is 0 Å². The highest BCUT2D eigenvalue weighted by Gasteiger charge is 2.22. The number of nitrogens with one attached hydrogen (secondary N) is 2. The van der Waals surface area contributed by atoms with Gasteiger partial charge in [-0.25, -0.2) is 4.79 Å². The van der Waals surface area contributed by atoms with Gasteiger partial charge in [0.2, 0.25) is 5.91 Å². The van der Waals surface area contributed by atoms with Gasteiger partial charge in [0.1, 0.15) is 6.04 Å². The molecule has 3 N–H and O–H groups in total. The normalized spacial score (nSPS) is 12.5. The molecule has 1 aromatic carbocycles. The van der Waals surface area contributed by atoms with Crippen LogP contribution in [0.2, 0.25) is 0 Å². The summed E-state index contributed by atoms with van der Waals surface area (Å²) in [5, 5.41) is 12.8. The second-order valence-corrected chi connectivity index (χ2v) is 6.04. The van der Waals surface area contributed by atoms with Crippen LogP contribution in [0.3, 0.4) is 0 Å². The van der Waals surface area contributed by atoms with Crippen LogP contribution in [0.1, 0.15) is 31.5 Å². The Kier molecular flexibility index (Phi) is 4.85. The molecule has 0 saturated carbocycles. The lowest BCUT2D eigenvalue weighted by molar-refractivity contribution is -0.142. The van der Waals surface area contributed by atoms with Crippen molar-refractivity contribution in [1.82, 2.24) is 10.3 Å². The number of aryl methyl sites for hydroxylation is 1. The van der Waals surface area contributed by atoms with Crippen LogP contribution in [0.5, 0.6) is 0 Å². The van der Waals surface area contributed by atoms with Crippen molar-refractivity contribution in [2.75, 3.05) is 0 Å². The van der Waals surface area contributed by atoms with Gasteiger partial charge in [0, 0.05) is 16.6 Å². The Morgan fingerprint density at radius 3 is 2.59 bits per heavy atom. The van der Waals surface area contributed by atoms with Gasteiger partial charge in [0.25, 0.3) is 0 Å². The highest BCUT2D eigenvalue weighted by Crippen LogP contribution is 2.22. The number of hydrogen-bond donors (Lipinski definition) is 3. The standard InChI is InChI=1S/C17H22N2O3/c1-10(2)8-15(17(21)22)19-16(20)9-13-11(3)18-14-7-5-4-6-12(13)14/h4-7,10,15,18H,8-9H2,1-3H3,(H,19,20)(H,21,22)/t15-/m0/s1. The van der Waals surface area contributed by atoms with E-state index in [9.17, 15) is 14.7 Å². The van der Waals surface area contributed by atoms with Gasteiger partial charge in [-0.15, -0.1) is 0 Å². The molecule has 0 aliphatic heterocycles. The van der Waals surface area contributed by atoms with Crippen molar-refractivity contribution >= 4 is 22.8 Å². The number of rotatable bonds is 6. The number of amides is 1. The molecule has 2 aromatic rings. The smallest absolute Gasteiger partial charge is 0.326 e. The Morgan fingerprint density at radius 1 is 1.27 bits per heavy atom. The monoisotopic (exact) mass is 302 g/mol. The number of carboxylic acid groups (broad SMARTS) is 1. The molecule has 0 unspecified atom stereocenters. The molecule has 0 spiro atoms. The Morgan fingerprint density at radius 2 is 1.95 bits per heavy atom. The molecule has 0 saturated heterocycles. The van der Waals surface area contributed by atoms with Gasteiger partial charge in [-0.2, -0.15) is 0 Å². The third kappa shape index (κ3) is 3.67. The number of aliphatic carboxylic acids is 1. The van der Waals surface area contributed by atoms with Gasteiger partial charge in [-0.3, -0.25) is 4.79 Å². The SMILES string of the molecule is Cc1[nH]c2ccccc2c1CC(=O)N[C@@H](CC(C)C)C(=O)O. The van der Waals surface area contributed by atoms with Crippen molar-refractivity contribution in [2.24, 2.45) is 5.92 Å². The molecule has 118 valence electrons. The van der Waals surface area contributed by atoms with Crippen molar-refractivity contribution in [2.45, 2.75) is 39.7 Å². The first-order valence-corrected chi connectivity index (χ1v) is 7.46. The first kappa shape index (κ1) is 16.1. The molecule has 1 aromatic heterocycles. The van der Waals surface area contributed by atoms with Gasteiger partial charge >= 0.3 is 5.97 Å². The lowest BCUT2D eigenvalue weighted by Gasteiger charge is -2.16. The summed E-state index contributed by atoms with van der Waals surface area (Å²) in [5.74, 6) is -1.05. The highest BCUT2D eigenvalue weighted by atomic mass is 16.4. The molecule has 0 radical (unpaired) electrons. The van der Waals surface area contributed by atoms with Crippen LogP contribution in [-0.2, 0) is 16.0 Å². The summed E-state index contributed by atoms with van der Waals surface area (Å²) in [5.41, 5.74) is 2.84. The number of hydrogen-bond acceptors (Lipinski definition) is 2. The Labute approximate surface area is 129 Å². The fourth-order valence-electron chi connectivity index (χ4n) is 2.66. The largest absolute Gasteiger partial charge is 0.480 e. The molecule has 0 aliphatic carbocycles. The molecule has 22 heavy (non-hydrogen) atoms. The average Bonchev–Trinajstić information content (AvgIpc) is 2.74. The second kappa shape index (κ2) is 6.64. The molecule has 5 heteroatoms. The van der Waals surface area contributed by atoms with Crippen molar-refractivity contribution in [3.63, 3.8) is 0 Å². The van der Waals surface area contributed by atoms with Crippen LogP contribution in [0.4, 0.5) is 0 Å². The minimum Gasteiger partial charge on any atom is -0.480 e. The maximum absolute atomic E-state index is 12.2.